The molecule has 2 amide bonds. The fourth-order valence-electron chi connectivity index (χ4n) is 1.85. The van der Waals surface area contributed by atoms with Crippen molar-refractivity contribution in [3.8, 4) is 5.75 Å². The molecule has 0 unspecified atom stereocenters. The number of benzene rings is 2. The van der Waals surface area contributed by atoms with Gasteiger partial charge in [-0.2, -0.15) is 5.10 Å². The molecule has 8 heteroatoms. The third kappa shape index (κ3) is 5.20. The van der Waals surface area contributed by atoms with Crippen molar-refractivity contribution in [1.82, 2.24) is 5.43 Å². The summed E-state index contributed by atoms with van der Waals surface area (Å²) >= 11 is 11.8. The van der Waals surface area contributed by atoms with Crippen LogP contribution in [0.15, 0.2) is 47.6 Å². The number of nitrogens with one attached hydrogen (secondary N) is 2. The van der Waals surface area contributed by atoms with Gasteiger partial charge >= 0.3 is 11.8 Å². The molecule has 2 aromatic carbocycles. The van der Waals surface area contributed by atoms with Crippen LogP contribution in [0.3, 0.4) is 0 Å². The Labute approximate surface area is 154 Å². The van der Waals surface area contributed by atoms with Crippen molar-refractivity contribution in [2.45, 2.75) is 6.92 Å². The van der Waals surface area contributed by atoms with E-state index >= 15 is 0 Å². The van der Waals surface area contributed by atoms with Crippen LogP contribution in [0.4, 0.5) is 5.69 Å². The van der Waals surface area contributed by atoms with Gasteiger partial charge in [0.25, 0.3) is 0 Å². The number of rotatable bonds is 4. The summed E-state index contributed by atoms with van der Waals surface area (Å²) in [5, 5.41) is 6.94. The number of hydrogen-bond donors (Lipinski definition) is 2. The predicted octanol–water partition coefficient (Wildman–Crippen LogP) is 3.48. The van der Waals surface area contributed by atoms with Crippen LogP contribution in [0.25, 0.3) is 0 Å². The average molecular weight is 380 g/mol. The summed E-state index contributed by atoms with van der Waals surface area (Å²) in [5.74, 6) is -1.13. The van der Waals surface area contributed by atoms with E-state index in [2.05, 4.69) is 15.8 Å². The molecule has 2 rings (SSSR count). The van der Waals surface area contributed by atoms with Crippen molar-refractivity contribution >= 4 is 46.4 Å². The molecule has 0 saturated carbocycles. The zero-order valence-electron chi connectivity index (χ0n) is 13.5. The van der Waals surface area contributed by atoms with Gasteiger partial charge < -0.3 is 10.1 Å². The number of halogens is 2. The van der Waals surface area contributed by atoms with Gasteiger partial charge in [0.1, 0.15) is 5.75 Å². The summed E-state index contributed by atoms with van der Waals surface area (Å²) in [6.45, 7) is 1.70. The van der Waals surface area contributed by atoms with Gasteiger partial charge in [-0.3, -0.25) is 9.59 Å². The molecule has 0 spiro atoms. The van der Waals surface area contributed by atoms with Gasteiger partial charge in [-0.25, -0.2) is 5.43 Å². The standard InChI is InChI=1S/C17H15Cl2N3O3/c1-10(11-3-6-13(25-2)7-4-11)21-22-17(24)16(23)20-15-9-12(18)5-8-14(15)19/h3-9H,1-2H3,(H,20,23)(H,22,24)/b21-10+. The van der Waals surface area contributed by atoms with E-state index in [9.17, 15) is 9.59 Å². The van der Waals surface area contributed by atoms with Crippen molar-refractivity contribution < 1.29 is 14.3 Å². The zero-order chi connectivity index (χ0) is 18.4. The van der Waals surface area contributed by atoms with E-state index < -0.39 is 11.8 Å². The molecule has 0 fully saturated rings. The smallest absolute Gasteiger partial charge is 0.329 e. The largest absolute Gasteiger partial charge is 0.497 e. The summed E-state index contributed by atoms with van der Waals surface area (Å²) in [6, 6.07) is 11.6. The monoisotopic (exact) mass is 379 g/mol. The second-order valence-corrected chi connectivity index (χ2v) is 5.79. The maximum absolute atomic E-state index is 11.9. The maximum Gasteiger partial charge on any atom is 0.329 e. The number of carbonyl (C=O) groups excluding carboxylic acids is 2. The fraction of sp³-hybridized carbons (Fsp3) is 0.118. The highest BCUT2D eigenvalue weighted by atomic mass is 35.5. The number of ether oxygens (including phenoxy) is 1. The third-order valence-corrected chi connectivity index (χ3v) is 3.78. The van der Waals surface area contributed by atoms with Gasteiger partial charge in [-0.1, -0.05) is 23.2 Å². The lowest BCUT2D eigenvalue weighted by molar-refractivity contribution is -0.136. The Bertz CT molecular complexity index is 820. The van der Waals surface area contributed by atoms with Crippen LogP contribution in [0.1, 0.15) is 12.5 Å². The Hall–Kier alpha value is -2.57. The van der Waals surface area contributed by atoms with Crippen LogP contribution in [0.2, 0.25) is 10.0 Å². The predicted molar refractivity (Wildman–Crippen MR) is 98.4 cm³/mol. The minimum atomic E-state index is -0.927. The number of methoxy groups -OCH3 is 1. The van der Waals surface area contributed by atoms with Crippen LogP contribution in [-0.4, -0.2) is 24.6 Å². The molecule has 0 aliphatic carbocycles. The van der Waals surface area contributed by atoms with Gasteiger partial charge in [-0.05, 0) is 55.0 Å². The second-order valence-electron chi connectivity index (χ2n) is 4.94. The molecule has 2 aromatic rings. The van der Waals surface area contributed by atoms with E-state index in [1.165, 1.54) is 12.1 Å². The topological polar surface area (TPSA) is 79.8 Å². The Morgan fingerprint density at radius 3 is 2.36 bits per heavy atom. The Morgan fingerprint density at radius 2 is 1.72 bits per heavy atom. The second kappa shape index (κ2) is 8.50. The van der Waals surface area contributed by atoms with E-state index in [1.807, 2.05) is 0 Å². The number of carbonyl (C=O) groups is 2. The highest BCUT2D eigenvalue weighted by Gasteiger charge is 2.15. The molecule has 0 atom stereocenters. The van der Waals surface area contributed by atoms with Crippen LogP contribution >= 0.6 is 23.2 Å². The highest BCUT2D eigenvalue weighted by Crippen LogP contribution is 2.25. The first-order valence-corrected chi connectivity index (χ1v) is 7.91. The molecule has 130 valence electrons. The molecule has 0 aromatic heterocycles. The van der Waals surface area contributed by atoms with Crippen molar-refractivity contribution in [2.24, 2.45) is 5.10 Å². The lowest BCUT2D eigenvalue weighted by Gasteiger charge is -2.07. The SMILES string of the molecule is COc1ccc(/C(C)=N/NC(=O)C(=O)Nc2cc(Cl)ccc2Cl)cc1. The quantitative estimate of drug-likeness (QED) is 0.484. The summed E-state index contributed by atoms with van der Waals surface area (Å²) < 4.78 is 5.07. The molecule has 6 nitrogen and oxygen atoms in total. The van der Waals surface area contributed by atoms with Crippen LogP contribution in [0, 0.1) is 0 Å². The van der Waals surface area contributed by atoms with Crippen molar-refractivity contribution in [2.75, 3.05) is 12.4 Å². The first-order valence-electron chi connectivity index (χ1n) is 7.16. The summed E-state index contributed by atoms with van der Waals surface area (Å²) in [4.78, 5) is 23.8. The van der Waals surface area contributed by atoms with Gasteiger partial charge in [0.15, 0.2) is 0 Å². The fourth-order valence-corrected chi connectivity index (χ4v) is 2.19. The van der Waals surface area contributed by atoms with Crippen LogP contribution < -0.4 is 15.5 Å². The lowest BCUT2D eigenvalue weighted by atomic mass is 10.1. The van der Waals surface area contributed by atoms with Crippen LogP contribution in [0.5, 0.6) is 5.75 Å². The number of amides is 2. The Morgan fingerprint density at radius 1 is 1.04 bits per heavy atom. The number of nitrogens with zero attached hydrogens (tertiary/aromatic N) is 1. The van der Waals surface area contributed by atoms with Gasteiger partial charge in [-0.15, -0.1) is 0 Å². The first-order chi connectivity index (χ1) is 11.9. The maximum atomic E-state index is 11.9. The molecule has 0 bridgehead atoms. The first kappa shape index (κ1) is 18.8. The number of hydrazone groups is 1. The molecule has 0 aliphatic rings. The summed E-state index contributed by atoms with van der Waals surface area (Å²) in [5.41, 5.74) is 3.74. The molecule has 0 saturated heterocycles. The average Bonchev–Trinajstić information content (AvgIpc) is 2.62. The van der Waals surface area contributed by atoms with Crippen molar-refractivity contribution in [3.05, 3.63) is 58.1 Å². The summed E-state index contributed by atoms with van der Waals surface area (Å²) in [6.07, 6.45) is 0. The molecule has 0 radical (unpaired) electrons. The van der Waals surface area contributed by atoms with Gasteiger partial charge in [0.2, 0.25) is 0 Å². The van der Waals surface area contributed by atoms with Gasteiger partial charge in [0.05, 0.1) is 23.5 Å². The third-order valence-electron chi connectivity index (χ3n) is 3.22. The minimum absolute atomic E-state index is 0.241. The van der Waals surface area contributed by atoms with E-state index in [-0.39, 0.29) is 10.7 Å². The molecular weight excluding hydrogens is 365 g/mol. The highest BCUT2D eigenvalue weighted by molar-refractivity contribution is 6.42. The summed E-state index contributed by atoms with van der Waals surface area (Å²) in [7, 11) is 1.57. The van der Waals surface area contributed by atoms with E-state index in [4.69, 9.17) is 27.9 Å². The Kier molecular flexibility index (Phi) is 6.38. The van der Waals surface area contributed by atoms with E-state index in [1.54, 1.807) is 44.4 Å². The number of hydrogen-bond acceptors (Lipinski definition) is 4. The molecule has 25 heavy (non-hydrogen) atoms. The normalized spacial score (nSPS) is 11.0. The molecule has 2 N–H and O–H groups in total. The number of anilines is 1. The van der Waals surface area contributed by atoms with Crippen molar-refractivity contribution in [1.29, 1.82) is 0 Å². The van der Waals surface area contributed by atoms with E-state index in [0.29, 0.717) is 16.5 Å². The van der Waals surface area contributed by atoms with Gasteiger partial charge in [0, 0.05) is 5.02 Å². The minimum Gasteiger partial charge on any atom is -0.497 e. The Balaban J connectivity index is 2.00. The van der Waals surface area contributed by atoms with Crippen LogP contribution in [-0.2, 0) is 9.59 Å². The van der Waals surface area contributed by atoms with E-state index in [0.717, 1.165) is 5.56 Å². The zero-order valence-corrected chi connectivity index (χ0v) is 15.0. The lowest BCUT2D eigenvalue weighted by Crippen LogP contribution is -2.33. The van der Waals surface area contributed by atoms with Crippen molar-refractivity contribution in [3.63, 3.8) is 0 Å². The molecule has 0 heterocycles. The molecular formula is C17H15Cl2N3O3. The molecule has 0 aliphatic heterocycles.